The summed E-state index contributed by atoms with van der Waals surface area (Å²) in [4.78, 5) is 46.1. The average Bonchev–Trinajstić information content (AvgIpc) is 3.65. The standard InChI is InChI=1S/C27H21ClN6O5S/c1-13-6-15(16-8-23(28)30-10-21(16)38-3)17(9-29-13)24(35)33-27-32-19-11-34(12-22(19)40-27)26(36)25-31-18-5-4-14(37-2)7-20(18)39-25/h4-10H,11-12H2,1-3H3,(H,32,33,35). The lowest BCUT2D eigenvalue weighted by atomic mass is 10.0. The first-order valence-corrected chi connectivity index (χ1v) is 13.2. The topological polar surface area (TPSA) is 133 Å². The van der Waals surface area contributed by atoms with E-state index in [1.807, 2.05) is 6.92 Å². The van der Waals surface area contributed by atoms with E-state index in [0.29, 0.717) is 56.7 Å². The number of oxazole rings is 1. The molecule has 11 nitrogen and oxygen atoms in total. The number of aromatic nitrogens is 4. The van der Waals surface area contributed by atoms with Gasteiger partial charge >= 0.3 is 5.91 Å². The summed E-state index contributed by atoms with van der Waals surface area (Å²) < 4.78 is 16.3. The zero-order valence-corrected chi connectivity index (χ0v) is 23.1. The molecule has 0 saturated heterocycles. The van der Waals surface area contributed by atoms with Gasteiger partial charge in [0.2, 0.25) is 0 Å². The Bertz CT molecular complexity index is 1780. The molecule has 0 fully saturated rings. The third-order valence-corrected chi connectivity index (χ3v) is 7.57. The summed E-state index contributed by atoms with van der Waals surface area (Å²) in [6.07, 6.45) is 3.01. The maximum atomic E-state index is 13.4. The minimum atomic E-state index is -0.389. The molecule has 0 bridgehead atoms. The molecule has 1 aromatic carbocycles. The first-order chi connectivity index (χ1) is 19.3. The maximum Gasteiger partial charge on any atom is 0.310 e. The molecule has 202 valence electrons. The van der Waals surface area contributed by atoms with E-state index in [0.717, 1.165) is 10.6 Å². The molecule has 1 aliphatic heterocycles. The lowest BCUT2D eigenvalue weighted by Gasteiger charge is -2.14. The number of hydrogen-bond donors (Lipinski definition) is 1. The number of nitrogens with one attached hydrogen (secondary N) is 1. The Balaban J connectivity index is 1.20. The highest BCUT2D eigenvalue weighted by molar-refractivity contribution is 7.16. The number of anilines is 1. The summed E-state index contributed by atoms with van der Waals surface area (Å²) in [7, 11) is 3.08. The monoisotopic (exact) mass is 576 g/mol. The molecule has 0 saturated carbocycles. The Morgan fingerprint density at radius 1 is 1.05 bits per heavy atom. The van der Waals surface area contributed by atoms with Crippen LogP contribution in [0.1, 0.15) is 37.3 Å². The molecule has 0 unspecified atom stereocenters. The smallest absolute Gasteiger partial charge is 0.310 e. The van der Waals surface area contributed by atoms with Crippen molar-refractivity contribution in [1.82, 2.24) is 24.8 Å². The summed E-state index contributed by atoms with van der Waals surface area (Å²) in [5.41, 5.74) is 4.00. The van der Waals surface area contributed by atoms with Gasteiger partial charge in [-0.05, 0) is 31.2 Å². The molecule has 0 spiro atoms. The molecule has 0 radical (unpaired) electrons. The molecule has 1 aliphatic rings. The Hall–Kier alpha value is -4.55. The predicted octanol–water partition coefficient (Wildman–Crippen LogP) is 5.13. The zero-order valence-electron chi connectivity index (χ0n) is 21.5. The fourth-order valence-corrected chi connectivity index (χ4v) is 5.55. The van der Waals surface area contributed by atoms with Crippen molar-refractivity contribution in [1.29, 1.82) is 0 Å². The molecule has 40 heavy (non-hydrogen) atoms. The zero-order chi connectivity index (χ0) is 28.0. The van der Waals surface area contributed by atoms with Gasteiger partial charge in [-0.15, -0.1) is 0 Å². The number of hydrogen-bond acceptors (Lipinski definition) is 10. The number of benzene rings is 1. The number of carbonyl (C=O) groups excluding carboxylic acids is 2. The van der Waals surface area contributed by atoms with Crippen LogP contribution in [0.3, 0.4) is 0 Å². The van der Waals surface area contributed by atoms with Gasteiger partial charge in [0, 0.05) is 29.1 Å². The van der Waals surface area contributed by atoms with E-state index in [9.17, 15) is 9.59 Å². The maximum absolute atomic E-state index is 13.4. The molecule has 4 aromatic heterocycles. The number of amides is 2. The lowest BCUT2D eigenvalue weighted by molar-refractivity contribution is 0.0713. The second-order valence-corrected chi connectivity index (χ2v) is 10.4. The normalized spacial score (nSPS) is 12.4. The van der Waals surface area contributed by atoms with Crippen molar-refractivity contribution in [2.24, 2.45) is 0 Å². The van der Waals surface area contributed by atoms with Crippen LogP contribution >= 0.6 is 22.9 Å². The van der Waals surface area contributed by atoms with Crippen molar-refractivity contribution in [3.8, 4) is 22.6 Å². The van der Waals surface area contributed by atoms with Crippen LogP contribution in [-0.2, 0) is 13.1 Å². The summed E-state index contributed by atoms with van der Waals surface area (Å²) in [6.45, 7) is 2.43. The quantitative estimate of drug-likeness (QED) is 0.273. The second kappa shape index (κ2) is 10.2. The molecule has 2 amide bonds. The van der Waals surface area contributed by atoms with Crippen LogP contribution in [0.25, 0.3) is 22.2 Å². The summed E-state index contributed by atoms with van der Waals surface area (Å²) in [5.74, 6) is 0.353. The molecule has 1 N–H and O–H groups in total. The number of methoxy groups -OCH3 is 2. The summed E-state index contributed by atoms with van der Waals surface area (Å²) in [6, 6.07) is 8.61. The minimum Gasteiger partial charge on any atom is -0.497 e. The molecule has 13 heteroatoms. The van der Waals surface area contributed by atoms with E-state index < -0.39 is 0 Å². The Labute approximate surface area is 236 Å². The van der Waals surface area contributed by atoms with Crippen molar-refractivity contribution in [3.05, 3.63) is 75.6 Å². The SMILES string of the molecule is COc1ccc2nc(C(=O)N3Cc4nc(NC(=O)c5cnc(C)cc5-c5cc(Cl)ncc5OC)sc4C3)oc2c1. The second-order valence-electron chi connectivity index (χ2n) is 8.94. The lowest BCUT2D eigenvalue weighted by Crippen LogP contribution is -2.25. The van der Waals surface area contributed by atoms with Crippen LogP contribution in [0.15, 0.2) is 47.1 Å². The first-order valence-electron chi connectivity index (χ1n) is 12.0. The van der Waals surface area contributed by atoms with E-state index in [2.05, 4.69) is 25.3 Å². The Kier molecular flexibility index (Phi) is 6.56. The van der Waals surface area contributed by atoms with Gasteiger partial charge in [0.1, 0.15) is 22.2 Å². The van der Waals surface area contributed by atoms with Crippen LogP contribution in [0.5, 0.6) is 11.5 Å². The predicted molar refractivity (Wildman–Crippen MR) is 148 cm³/mol. The summed E-state index contributed by atoms with van der Waals surface area (Å²) >= 11 is 7.45. The highest BCUT2D eigenvalue weighted by Gasteiger charge is 2.31. The Morgan fingerprint density at radius 3 is 2.67 bits per heavy atom. The van der Waals surface area contributed by atoms with Crippen molar-refractivity contribution in [2.75, 3.05) is 19.5 Å². The van der Waals surface area contributed by atoms with Crippen LogP contribution in [-0.4, -0.2) is 50.9 Å². The minimum absolute atomic E-state index is 0.00187. The molecule has 6 rings (SSSR count). The van der Waals surface area contributed by atoms with Gasteiger partial charge in [0.25, 0.3) is 11.8 Å². The number of ether oxygens (including phenoxy) is 2. The number of nitrogens with zero attached hydrogens (tertiary/aromatic N) is 5. The van der Waals surface area contributed by atoms with Gasteiger partial charge in [-0.2, -0.15) is 0 Å². The van der Waals surface area contributed by atoms with E-state index in [-0.39, 0.29) is 29.4 Å². The number of rotatable bonds is 6. The van der Waals surface area contributed by atoms with Gasteiger partial charge in [-0.3, -0.25) is 19.9 Å². The first kappa shape index (κ1) is 25.7. The van der Waals surface area contributed by atoms with Gasteiger partial charge in [-0.25, -0.2) is 15.0 Å². The van der Waals surface area contributed by atoms with Crippen molar-refractivity contribution in [3.63, 3.8) is 0 Å². The number of fused-ring (bicyclic) bond motifs is 2. The number of aryl methyl sites for hydroxylation is 1. The van der Waals surface area contributed by atoms with Crippen LogP contribution in [0.4, 0.5) is 5.13 Å². The van der Waals surface area contributed by atoms with E-state index >= 15 is 0 Å². The fraction of sp³-hybridized carbons (Fsp3) is 0.185. The molecular weight excluding hydrogens is 556 g/mol. The van der Waals surface area contributed by atoms with E-state index in [1.165, 1.54) is 30.8 Å². The summed E-state index contributed by atoms with van der Waals surface area (Å²) in [5, 5.41) is 3.55. The number of halogens is 1. The number of carbonyl (C=O) groups is 2. The van der Waals surface area contributed by atoms with Gasteiger partial charge in [-0.1, -0.05) is 22.9 Å². The van der Waals surface area contributed by atoms with E-state index in [1.54, 1.807) is 42.3 Å². The van der Waals surface area contributed by atoms with Crippen molar-refractivity contribution < 1.29 is 23.5 Å². The molecular formula is C27H21ClN6O5S. The molecule has 0 atom stereocenters. The van der Waals surface area contributed by atoms with Crippen LogP contribution in [0.2, 0.25) is 5.15 Å². The number of thiazole rings is 1. The van der Waals surface area contributed by atoms with Crippen LogP contribution < -0.4 is 14.8 Å². The number of pyridine rings is 2. The highest BCUT2D eigenvalue weighted by Crippen LogP contribution is 2.36. The largest absolute Gasteiger partial charge is 0.497 e. The van der Waals surface area contributed by atoms with Gasteiger partial charge < -0.3 is 18.8 Å². The van der Waals surface area contributed by atoms with Gasteiger partial charge in [0.15, 0.2) is 10.7 Å². The highest BCUT2D eigenvalue weighted by atomic mass is 35.5. The third-order valence-electron chi connectivity index (χ3n) is 6.37. The molecule has 0 aliphatic carbocycles. The fourth-order valence-electron chi connectivity index (χ4n) is 4.41. The van der Waals surface area contributed by atoms with Crippen molar-refractivity contribution in [2.45, 2.75) is 20.0 Å². The third kappa shape index (κ3) is 4.71. The molecule has 5 heterocycles. The van der Waals surface area contributed by atoms with Crippen LogP contribution in [0, 0.1) is 6.92 Å². The molecule has 5 aromatic rings. The van der Waals surface area contributed by atoms with Crippen molar-refractivity contribution >= 4 is 51.0 Å². The Morgan fingerprint density at radius 2 is 1.90 bits per heavy atom. The van der Waals surface area contributed by atoms with E-state index in [4.69, 9.17) is 25.5 Å². The van der Waals surface area contributed by atoms with Gasteiger partial charge in [0.05, 0.1) is 49.6 Å². The average molecular weight is 577 g/mol.